The van der Waals surface area contributed by atoms with Crippen molar-refractivity contribution in [1.29, 1.82) is 0 Å². The maximum absolute atomic E-state index is 12.2. The molecule has 1 saturated carbocycles. The average molecular weight is 271 g/mol. The fourth-order valence-electron chi connectivity index (χ4n) is 1.67. The van der Waals surface area contributed by atoms with Crippen LogP contribution >= 0.6 is 0 Å². The monoisotopic (exact) mass is 271 g/mol. The van der Waals surface area contributed by atoms with Crippen LogP contribution in [0.3, 0.4) is 0 Å². The number of nitrogens with two attached hydrogens (primary N) is 1. The summed E-state index contributed by atoms with van der Waals surface area (Å²) in [5, 5.41) is 10.6. The molecule has 98 valence electrons. The number of non-ortho nitro benzene ring substituents is 1. The van der Waals surface area contributed by atoms with Crippen LogP contribution < -0.4 is 5.73 Å². The number of nitro benzene ring substituents is 1. The van der Waals surface area contributed by atoms with Crippen LogP contribution in [0, 0.1) is 10.1 Å². The number of rotatable bonds is 4. The zero-order chi connectivity index (χ0) is 13.5. The molecule has 1 aliphatic rings. The Morgan fingerprint density at radius 3 is 2.50 bits per heavy atom. The van der Waals surface area contributed by atoms with Gasteiger partial charge >= 0.3 is 0 Å². The molecule has 0 amide bonds. The van der Waals surface area contributed by atoms with Crippen molar-refractivity contribution in [2.45, 2.75) is 23.8 Å². The quantitative estimate of drug-likeness (QED) is 0.498. The zero-order valence-corrected chi connectivity index (χ0v) is 10.6. The van der Waals surface area contributed by atoms with Gasteiger partial charge in [0.2, 0.25) is 10.0 Å². The second-order valence-electron chi connectivity index (χ2n) is 4.23. The zero-order valence-electron chi connectivity index (χ0n) is 9.74. The van der Waals surface area contributed by atoms with Crippen LogP contribution in [0.15, 0.2) is 23.1 Å². The fraction of sp³-hybridized carbons (Fsp3) is 0.400. The molecule has 0 spiro atoms. The predicted octanol–water partition coefficient (Wildman–Crippen LogP) is 0.960. The summed E-state index contributed by atoms with van der Waals surface area (Å²) in [5.74, 6) is 0. The smallest absolute Gasteiger partial charge is 0.271 e. The summed E-state index contributed by atoms with van der Waals surface area (Å²) in [6, 6.07) is 3.41. The van der Waals surface area contributed by atoms with Gasteiger partial charge in [0.15, 0.2) is 0 Å². The highest BCUT2D eigenvalue weighted by atomic mass is 32.2. The molecule has 1 aromatic rings. The first kappa shape index (κ1) is 12.8. The molecular formula is C10H13N3O4S. The van der Waals surface area contributed by atoms with Crippen LogP contribution in [0.25, 0.3) is 0 Å². The lowest BCUT2D eigenvalue weighted by molar-refractivity contribution is -0.384. The Morgan fingerprint density at radius 1 is 1.44 bits per heavy atom. The highest BCUT2D eigenvalue weighted by molar-refractivity contribution is 7.89. The number of nitrogens with zero attached hydrogens (tertiary/aromatic N) is 2. The summed E-state index contributed by atoms with van der Waals surface area (Å²) in [7, 11) is -2.17. The third-order valence-corrected chi connectivity index (χ3v) is 4.91. The maximum Gasteiger partial charge on any atom is 0.271 e. The van der Waals surface area contributed by atoms with Crippen molar-refractivity contribution in [2.24, 2.45) is 0 Å². The van der Waals surface area contributed by atoms with Gasteiger partial charge in [0.05, 0.1) is 10.6 Å². The van der Waals surface area contributed by atoms with Crippen LogP contribution in [-0.4, -0.2) is 30.7 Å². The van der Waals surface area contributed by atoms with Crippen LogP contribution in [0.4, 0.5) is 11.4 Å². The number of hydrogen-bond donors (Lipinski definition) is 1. The molecule has 0 bridgehead atoms. The van der Waals surface area contributed by atoms with E-state index in [1.807, 2.05) is 0 Å². The van der Waals surface area contributed by atoms with E-state index >= 15 is 0 Å². The van der Waals surface area contributed by atoms with E-state index in [-0.39, 0.29) is 22.3 Å². The number of nitro groups is 1. The maximum atomic E-state index is 12.2. The molecule has 7 nitrogen and oxygen atoms in total. The highest BCUT2D eigenvalue weighted by Crippen LogP contribution is 2.33. The SMILES string of the molecule is CN(C1CC1)S(=O)(=O)c1ccc([N+](=O)[O-])cc1N. The molecule has 1 aromatic carbocycles. The molecule has 0 heterocycles. The molecule has 2 N–H and O–H groups in total. The first-order chi connectivity index (χ1) is 8.34. The minimum absolute atomic E-state index is 0.0181. The van der Waals surface area contributed by atoms with Gasteiger partial charge in [-0.2, -0.15) is 4.31 Å². The number of benzene rings is 1. The third kappa shape index (κ3) is 2.16. The molecular weight excluding hydrogens is 258 g/mol. The average Bonchev–Trinajstić information content (AvgIpc) is 3.11. The van der Waals surface area contributed by atoms with Gasteiger partial charge in [0.1, 0.15) is 4.90 Å². The summed E-state index contributed by atoms with van der Waals surface area (Å²) in [6.45, 7) is 0. The van der Waals surface area contributed by atoms with Crippen molar-refractivity contribution in [1.82, 2.24) is 4.31 Å². The summed E-state index contributed by atoms with van der Waals surface area (Å²) in [6.07, 6.45) is 1.67. The third-order valence-electron chi connectivity index (χ3n) is 2.92. The fourth-order valence-corrected chi connectivity index (χ4v) is 3.18. The van der Waals surface area contributed by atoms with Gasteiger partial charge in [-0.05, 0) is 18.9 Å². The molecule has 0 atom stereocenters. The summed E-state index contributed by atoms with van der Waals surface area (Å²) in [4.78, 5) is 9.86. The molecule has 0 radical (unpaired) electrons. The summed E-state index contributed by atoms with van der Waals surface area (Å²) >= 11 is 0. The second-order valence-corrected chi connectivity index (χ2v) is 6.20. The molecule has 8 heteroatoms. The Kier molecular flexibility index (Phi) is 2.99. The number of sulfonamides is 1. The topological polar surface area (TPSA) is 107 Å². The number of hydrogen-bond acceptors (Lipinski definition) is 5. The van der Waals surface area contributed by atoms with E-state index in [0.29, 0.717) is 0 Å². The lowest BCUT2D eigenvalue weighted by Gasteiger charge is -2.17. The van der Waals surface area contributed by atoms with Crippen molar-refractivity contribution in [3.05, 3.63) is 28.3 Å². The normalized spacial score (nSPS) is 15.9. The molecule has 1 aliphatic carbocycles. The van der Waals surface area contributed by atoms with Crippen LogP contribution in [-0.2, 0) is 10.0 Å². The van der Waals surface area contributed by atoms with Gasteiger partial charge in [0.25, 0.3) is 5.69 Å². The van der Waals surface area contributed by atoms with E-state index in [2.05, 4.69) is 0 Å². The summed E-state index contributed by atoms with van der Waals surface area (Å²) in [5.41, 5.74) is 5.27. The van der Waals surface area contributed by atoms with Gasteiger partial charge in [0, 0.05) is 25.2 Å². The number of nitrogen functional groups attached to an aromatic ring is 1. The lowest BCUT2D eigenvalue weighted by atomic mass is 10.3. The standard InChI is InChI=1S/C10H13N3O4S/c1-12(7-2-3-7)18(16,17)10-5-4-8(13(14)15)6-9(10)11/h4-7H,2-3,11H2,1H3. The van der Waals surface area contributed by atoms with Gasteiger partial charge in [-0.1, -0.05) is 0 Å². The van der Waals surface area contributed by atoms with Crippen molar-refractivity contribution in [2.75, 3.05) is 12.8 Å². The lowest BCUT2D eigenvalue weighted by Crippen LogP contribution is -2.29. The molecule has 2 rings (SSSR count). The molecule has 0 aromatic heterocycles. The van der Waals surface area contributed by atoms with Crippen LogP contribution in [0.5, 0.6) is 0 Å². The van der Waals surface area contributed by atoms with Gasteiger partial charge < -0.3 is 5.73 Å². The minimum atomic E-state index is -3.66. The molecule has 0 aliphatic heterocycles. The van der Waals surface area contributed by atoms with Gasteiger partial charge in [-0.15, -0.1) is 0 Å². The van der Waals surface area contributed by atoms with E-state index in [1.165, 1.54) is 17.4 Å². The molecule has 18 heavy (non-hydrogen) atoms. The first-order valence-corrected chi connectivity index (χ1v) is 6.80. The Morgan fingerprint density at radius 2 is 2.06 bits per heavy atom. The van der Waals surface area contributed by atoms with Gasteiger partial charge in [-0.25, -0.2) is 8.42 Å². The van der Waals surface area contributed by atoms with E-state index < -0.39 is 14.9 Å². The van der Waals surface area contributed by atoms with Crippen molar-refractivity contribution >= 4 is 21.4 Å². The summed E-state index contributed by atoms with van der Waals surface area (Å²) < 4.78 is 25.7. The Balaban J connectivity index is 2.41. The highest BCUT2D eigenvalue weighted by Gasteiger charge is 2.36. The van der Waals surface area contributed by atoms with Crippen LogP contribution in [0.2, 0.25) is 0 Å². The van der Waals surface area contributed by atoms with Crippen molar-refractivity contribution in [3.63, 3.8) is 0 Å². The Bertz CT molecular complexity index is 595. The minimum Gasteiger partial charge on any atom is -0.397 e. The molecule has 0 unspecified atom stereocenters. The largest absolute Gasteiger partial charge is 0.397 e. The van der Waals surface area contributed by atoms with E-state index in [0.717, 1.165) is 25.0 Å². The van der Waals surface area contributed by atoms with E-state index in [1.54, 1.807) is 0 Å². The van der Waals surface area contributed by atoms with Crippen molar-refractivity contribution in [3.8, 4) is 0 Å². The molecule has 0 saturated heterocycles. The van der Waals surface area contributed by atoms with Gasteiger partial charge in [-0.3, -0.25) is 10.1 Å². The Hall–Kier alpha value is -1.67. The predicted molar refractivity (Wildman–Crippen MR) is 65.5 cm³/mol. The Labute approximate surface area is 104 Å². The van der Waals surface area contributed by atoms with Crippen molar-refractivity contribution < 1.29 is 13.3 Å². The first-order valence-electron chi connectivity index (χ1n) is 5.36. The number of anilines is 1. The molecule has 1 fully saturated rings. The van der Waals surface area contributed by atoms with E-state index in [9.17, 15) is 18.5 Å². The van der Waals surface area contributed by atoms with E-state index in [4.69, 9.17) is 5.73 Å². The second kappa shape index (κ2) is 4.21. The van der Waals surface area contributed by atoms with Crippen LogP contribution in [0.1, 0.15) is 12.8 Å².